The molecule has 9 heteroatoms. The van der Waals surface area contributed by atoms with Crippen molar-refractivity contribution in [2.45, 2.75) is 32.6 Å². The second-order valence-corrected chi connectivity index (χ2v) is 5.33. The lowest BCUT2D eigenvalue weighted by atomic mass is 10.3. The van der Waals surface area contributed by atoms with Crippen LogP contribution in [0.5, 0.6) is 0 Å². The molecule has 0 saturated carbocycles. The van der Waals surface area contributed by atoms with E-state index in [4.69, 9.17) is 11.6 Å². The summed E-state index contributed by atoms with van der Waals surface area (Å²) in [5, 5.41) is 6.09. The molecule has 1 heterocycles. The topological polar surface area (TPSA) is 50.2 Å². The van der Waals surface area contributed by atoms with Crippen molar-refractivity contribution < 1.29 is 13.2 Å². The van der Waals surface area contributed by atoms with Gasteiger partial charge in [0, 0.05) is 19.1 Å². The molecule has 0 aliphatic carbocycles. The number of hydrogen-bond donors (Lipinski definition) is 1. The van der Waals surface area contributed by atoms with Crippen LogP contribution in [0.3, 0.4) is 0 Å². The summed E-state index contributed by atoms with van der Waals surface area (Å²) in [6.45, 7) is 3.81. The van der Waals surface area contributed by atoms with Gasteiger partial charge in [-0.1, -0.05) is 11.6 Å². The Morgan fingerprint density at radius 1 is 1.48 bits per heavy atom. The molecule has 0 aromatic carbocycles. The zero-order valence-corrected chi connectivity index (χ0v) is 12.8. The van der Waals surface area contributed by atoms with E-state index in [1.807, 2.05) is 20.9 Å². The Balaban J connectivity index is 2.74. The van der Waals surface area contributed by atoms with E-state index in [9.17, 15) is 18.0 Å². The molecule has 1 N–H and O–H groups in total. The lowest BCUT2D eigenvalue weighted by Crippen LogP contribution is -2.33. The van der Waals surface area contributed by atoms with Crippen LogP contribution in [0.2, 0.25) is 5.02 Å². The zero-order valence-electron chi connectivity index (χ0n) is 12.0. The van der Waals surface area contributed by atoms with Crippen LogP contribution >= 0.6 is 11.6 Å². The molecule has 0 fully saturated rings. The van der Waals surface area contributed by atoms with E-state index in [0.717, 1.165) is 6.20 Å². The molecule has 0 spiro atoms. The maximum absolute atomic E-state index is 12.3. The Hall–Kier alpha value is -1.28. The van der Waals surface area contributed by atoms with Crippen molar-refractivity contribution in [3.63, 3.8) is 0 Å². The summed E-state index contributed by atoms with van der Waals surface area (Å²) < 4.78 is 37.1. The van der Waals surface area contributed by atoms with Crippen molar-refractivity contribution in [3.8, 4) is 0 Å². The van der Waals surface area contributed by atoms with E-state index in [1.165, 1.54) is 0 Å². The first-order valence-electron chi connectivity index (χ1n) is 6.38. The molecule has 0 saturated heterocycles. The van der Waals surface area contributed by atoms with E-state index >= 15 is 0 Å². The molecule has 5 nitrogen and oxygen atoms in total. The maximum Gasteiger partial charge on any atom is 0.408 e. The molecule has 0 aliphatic heterocycles. The molecule has 0 radical (unpaired) electrons. The molecule has 21 heavy (non-hydrogen) atoms. The van der Waals surface area contributed by atoms with Gasteiger partial charge in [0.1, 0.15) is 11.6 Å². The van der Waals surface area contributed by atoms with E-state index in [1.54, 1.807) is 0 Å². The summed E-state index contributed by atoms with van der Waals surface area (Å²) in [6, 6.07) is 0.361. The van der Waals surface area contributed by atoms with Crippen LogP contribution in [0.1, 0.15) is 13.8 Å². The van der Waals surface area contributed by atoms with Gasteiger partial charge in [0.25, 0.3) is 5.56 Å². The van der Waals surface area contributed by atoms with E-state index in [0.29, 0.717) is 23.8 Å². The largest absolute Gasteiger partial charge is 0.408 e. The molecule has 1 rings (SSSR count). The summed E-state index contributed by atoms with van der Waals surface area (Å²) in [4.78, 5) is 13.8. The van der Waals surface area contributed by atoms with Gasteiger partial charge < -0.3 is 10.2 Å². The highest BCUT2D eigenvalue weighted by molar-refractivity contribution is 6.32. The minimum Gasteiger partial charge on any atom is -0.381 e. The third-order valence-corrected chi connectivity index (χ3v) is 3.34. The van der Waals surface area contributed by atoms with Gasteiger partial charge >= 0.3 is 6.18 Å². The van der Waals surface area contributed by atoms with Gasteiger partial charge in [0.15, 0.2) is 0 Å². The molecule has 1 aromatic heterocycles. The summed E-state index contributed by atoms with van der Waals surface area (Å²) in [6.07, 6.45) is -3.39. The third-order valence-electron chi connectivity index (χ3n) is 2.98. The van der Waals surface area contributed by atoms with Gasteiger partial charge in [-0.2, -0.15) is 18.3 Å². The number of likely N-dealkylation sites (N-methyl/N-ethyl adjacent to an activating group) is 1. The van der Waals surface area contributed by atoms with Crippen molar-refractivity contribution in [3.05, 3.63) is 21.6 Å². The summed E-state index contributed by atoms with van der Waals surface area (Å²) in [7, 11) is 1.94. The highest BCUT2D eigenvalue weighted by atomic mass is 35.5. The first-order chi connectivity index (χ1) is 9.61. The van der Waals surface area contributed by atoms with Crippen LogP contribution in [0.25, 0.3) is 0 Å². The predicted octanol–water partition coefficient (Wildman–Crippen LogP) is 2.21. The fraction of sp³-hybridized carbons (Fsp3) is 0.667. The number of nitrogens with one attached hydrogen (secondary N) is 1. The Labute approximate surface area is 125 Å². The van der Waals surface area contributed by atoms with E-state index in [-0.39, 0.29) is 10.7 Å². The molecule has 0 amide bonds. The zero-order chi connectivity index (χ0) is 16.2. The second kappa shape index (κ2) is 7.13. The summed E-state index contributed by atoms with van der Waals surface area (Å²) in [5.41, 5.74) is -0.728. The summed E-state index contributed by atoms with van der Waals surface area (Å²) in [5.74, 6) is 0. The SMILES string of the molecule is CC(C)N(C)CCNc1cnn(CC(F)(F)F)c(=O)c1Cl. The Kier molecular flexibility index (Phi) is 6.03. The molecule has 120 valence electrons. The fourth-order valence-electron chi connectivity index (χ4n) is 1.50. The van der Waals surface area contributed by atoms with E-state index in [2.05, 4.69) is 15.3 Å². The molecular weight excluding hydrogens is 309 g/mol. The Morgan fingerprint density at radius 3 is 2.62 bits per heavy atom. The summed E-state index contributed by atoms with van der Waals surface area (Å²) >= 11 is 5.79. The van der Waals surface area contributed by atoms with Crippen molar-refractivity contribution in [2.24, 2.45) is 0 Å². The number of anilines is 1. The molecular formula is C12H18ClF3N4O. The number of alkyl halides is 3. The van der Waals surface area contributed by atoms with Crippen LogP contribution < -0.4 is 10.9 Å². The predicted molar refractivity (Wildman–Crippen MR) is 75.8 cm³/mol. The van der Waals surface area contributed by atoms with Gasteiger partial charge in [-0.05, 0) is 20.9 Å². The molecule has 0 unspecified atom stereocenters. The lowest BCUT2D eigenvalue weighted by Gasteiger charge is -2.21. The minimum absolute atomic E-state index is 0.234. The number of aromatic nitrogens is 2. The van der Waals surface area contributed by atoms with Crippen LogP contribution in [-0.4, -0.2) is 47.0 Å². The van der Waals surface area contributed by atoms with Gasteiger partial charge in [-0.15, -0.1) is 0 Å². The van der Waals surface area contributed by atoms with Gasteiger partial charge in [-0.3, -0.25) is 4.79 Å². The number of hydrogen-bond acceptors (Lipinski definition) is 4. The first kappa shape index (κ1) is 17.8. The van der Waals surface area contributed by atoms with Crippen molar-refractivity contribution in [1.29, 1.82) is 0 Å². The number of halogens is 4. The molecule has 1 aromatic rings. The Morgan fingerprint density at radius 2 is 2.10 bits per heavy atom. The van der Waals surface area contributed by atoms with Crippen molar-refractivity contribution in [2.75, 3.05) is 25.5 Å². The van der Waals surface area contributed by atoms with Crippen LogP contribution in [0.15, 0.2) is 11.0 Å². The first-order valence-corrected chi connectivity index (χ1v) is 6.76. The third kappa shape index (κ3) is 5.55. The quantitative estimate of drug-likeness (QED) is 0.871. The van der Waals surface area contributed by atoms with Crippen LogP contribution in [-0.2, 0) is 6.54 Å². The minimum atomic E-state index is -4.52. The fourth-order valence-corrected chi connectivity index (χ4v) is 1.71. The van der Waals surface area contributed by atoms with Crippen molar-refractivity contribution in [1.82, 2.24) is 14.7 Å². The van der Waals surface area contributed by atoms with Gasteiger partial charge in [0.05, 0.1) is 11.9 Å². The lowest BCUT2D eigenvalue weighted by molar-refractivity contribution is -0.143. The van der Waals surface area contributed by atoms with Crippen molar-refractivity contribution >= 4 is 17.3 Å². The smallest absolute Gasteiger partial charge is 0.381 e. The highest BCUT2D eigenvalue weighted by Gasteiger charge is 2.29. The maximum atomic E-state index is 12.3. The van der Waals surface area contributed by atoms with Gasteiger partial charge in [-0.25, -0.2) is 4.68 Å². The second-order valence-electron chi connectivity index (χ2n) is 4.95. The normalized spacial score (nSPS) is 12.2. The average Bonchev–Trinajstić information content (AvgIpc) is 2.36. The average molecular weight is 327 g/mol. The number of nitrogens with zero attached hydrogens (tertiary/aromatic N) is 3. The highest BCUT2D eigenvalue weighted by Crippen LogP contribution is 2.18. The molecule has 0 atom stereocenters. The van der Waals surface area contributed by atoms with Crippen LogP contribution in [0.4, 0.5) is 18.9 Å². The van der Waals surface area contributed by atoms with Gasteiger partial charge in [0.2, 0.25) is 0 Å². The number of rotatable bonds is 6. The monoisotopic (exact) mass is 326 g/mol. The molecule has 0 aliphatic rings. The molecule has 0 bridgehead atoms. The van der Waals surface area contributed by atoms with E-state index < -0.39 is 18.3 Å². The Bertz CT molecular complexity index is 530. The van der Waals surface area contributed by atoms with Crippen LogP contribution in [0, 0.1) is 0 Å². The standard InChI is InChI=1S/C12H18ClF3N4O/c1-8(2)19(3)5-4-17-9-6-18-20(7-12(14,15)16)11(21)10(9)13/h6,8,17H,4-5,7H2,1-3H3.